The first-order valence-corrected chi connectivity index (χ1v) is 7.34. The van der Waals surface area contributed by atoms with Crippen LogP contribution in [0.1, 0.15) is 44.3 Å². The topological polar surface area (TPSA) is 47.0 Å². The van der Waals surface area contributed by atoms with E-state index in [1.165, 1.54) is 12.8 Å². The molecule has 1 aliphatic heterocycles. The molecule has 4 nitrogen and oxygen atoms in total. The zero-order valence-corrected chi connectivity index (χ0v) is 12.2. The van der Waals surface area contributed by atoms with Crippen molar-refractivity contribution >= 4 is 21.7 Å². The molecule has 2 aliphatic rings. The molecule has 0 radical (unpaired) electrons. The Balaban J connectivity index is 1.78. The number of aromatic nitrogens is 2. The summed E-state index contributed by atoms with van der Waals surface area (Å²) in [6.07, 6.45) is 4.66. The molecule has 2 heterocycles. The van der Waals surface area contributed by atoms with E-state index in [1.807, 2.05) is 6.07 Å². The van der Waals surface area contributed by atoms with Gasteiger partial charge in [0.1, 0.15) is 16.2 Å². The van der Waals surface area contributed by atoms with Crippen LogP contribution in [0.5, 0.6) is 0 Å². The Morgan fingerprint density at radius 1 is 1.44 bits per heavy atom. The maximum absolute atomic E-state index is 5.56. The first-order valence-electron chi connectivity index (χ1n) is 6.55. The molecule has 1 aromatic heterocycles. The number of anilines is 1. The molecule has 1 saturated carbocycles. The van der Waals surface area contributed by atoms with Crippen LogP contribution in [0.3, 0.4) is 0 Å². The predicted molar refractivity (Wildman–Crippen MR) is 73.8 cm³/mol. The highest BCUT2D eigenvalue weighted by atomic mass is 79.9. The van der Waals surface area contributed by atoms with Crippen molar-refractivity contribution in [1.82, 2.24) is 9.97 Å². The molecule has 2 fully saturated rings. The van der Waals surface area contributed by atoms with Crippen molar-refractivity contribution in [2.75, 3.05) is 18.5 Å². The average Bonchev–Trinajstić information content (AvgIpc) is 3.12. The van der Waals surface area contributed by atoms with Gasteiger partial charge in [-0.05, 0) is 48.5 Å². The van der Waals surface area contributed by atoms with Crippen LogP contribution >= 0.6 is 15.9 Å². The molecule has 1 aliphatic carbocycles. The lowest BCUT2D eigenvalue weighted by atomic mass is 9.95. The third-order valence-corrected chi connectivity index (χ3v) is 3.93. The third kappa shape index (κ3) is 2.83. The third-order valence-electron chi connectivity index (χ3n) is 3.52. The van der Waals surface area contributed by atoms with Gasteiger partial charge in [-0.25, -0.2) is 9.97 Å². The average molecular weight is 312 g/mol. The van der Waals surface area contributed by atoms with E-state index in [9.17, 15) is 0 Å². The van der Waals surface area contributed by atoms with Crippen LogP contribution in [0, 0.1) is 0 Å². The molecule has 1 atom stereocenters. The Hall–Kier alpha value is -0.680. The lowest BCUT2D eigenvalue weighted by Gasteiger charge is -2.34. The van der Waals surface area contributed by atoms with Crippen molar-refractivity contribution in [1.29, 1.82) is 0 Å². The van der Waals surface area contributed by atoms with E-state index in [-0.39, 0.29) is 5.54 Å². The van der Waals surface area contributed by atoms with Crippen molar-refractivity contribution in [3.05, 3.63) is 16.5 Å². The maximum Gasteiger partial charge on any atom is 0.135 e. The van der Waals surface area contributed by atoms with Gasteiger partial charge in [-0.3, -0.25) is 0 Å². The highest BCUT2D eigenvalue weighted by Crippen LogP contribution is 2.39. The highest BCUT2D eigenvalue weighted by molar-refractivity contribution is 9.10. The predicted octanol–water partition coefficient (Wildman–Crippen LogP) is 3.10. The Bertz CT molecular complexity index is 442. The fraction of sp³-hybridized carbons (Fsp3) is 0.692. The molecule has 3 rings (SSSR count). The standard InChI is InChI=1S/C13H18BrN3O/c1-13(5-2-6-18-8-13)17-11-7-10(14)15-12(16-11)9-3-4-9/h7,9H,2-6,8H2,1H3,(H,15,16,17). The van der Waals surface area contributed by atoms with Gasteiger partial charge in [0.05, 0.1) is 12.1 Å². The van der Waals surface area contributed by atoms with Gasteiger partial charge in [-0.2, -0.15) is 0 Å². The summed E-state index contributed by atoms with van der Waals surface area (Å²) < 4.78 is 6.42. The molecule has 1 N–H and O–H groups in total. The van der Waals surface area contributed by atoms with Gasteiger partial charge in [-0.15, -0.1) is 0 Å². The fourth-order valence-corrected chi connectivity index (χ4v) is 2.76. The van der Waals surface area contributed by atoms with Crippen LogP contribution in [0.2, 0.25) is 0 Å². The van der Waals surface area contributed by atoms with Gasteiger partial charge in [0.15, 0.2) is 0 Å². The van der Waals surface area contributed by atoms with Crippen LogP contribution in [0.15, 0.2) is 10.7 Å². The second kappa shape index (κ2) is 4.78. The van der Waals surface area contributed by atoms with Gasteiger partial charge in [-0.1, -0.05) is 0 Å². The van der Waals surface area contributed by atoms with Crippen molar-refractivity contribution in [2.45, 2.75) is 44.1 Å². The normalized spacial score (nSPS) is 28.1. The maximum atomic E-state index is 5.56. The summed E-state index contributed by atoms with van der Waals surface area (Å²) in [5, 5.41) is 3.52. The van der Waals surface area contributed by atoms with Crippen molar-refractivity contribution in [3.63, 3.8) is 0 Å². The van der Waals surface area contributed by atoms with Crippen LogP contribution in [-0.2, 0) is 4.74 Å². The number of rotatable bonds is 3. The molecule has 1 saturated heterocycles. The molecule has 18 heavy (non-hydrogen) atoms. The number of halogens is 1. The zero-order chi connectivity index (χ0) is 12.6. The summed E-state index contributed by atoms with van der Waals surface area (Å²) in [6, 6.07) is 1.95. The van der Waals surface area contributed by atoms with Crippen LogP contribution in [-0.4, -0.2) is 28.7 Å². The lowest BCUT2D eigenvalue weighted by Crippen LogP contribution is -2.43. The second-order valence-electron chi connectivity index (χ2n) is 5.55. The molecule has 1 unspecified atom stereocenters. The minimum atomic E-state index is -0.00708. The Morgan fingerprint density at radius 3 is 2.94 bits per heavy atom. The van der Waals surface area contributed by atoms with Gasteiger partial charge < -0.3 is 10.1 Å². The molecule has 0 spiro atoms. The van der Waals surface area contributed by atoms with E-state index < -0.39 is 0 Å². The number of hydrogen-bond donors (Lipinski definition) is 1. The first-order chi connectivity index (χ1) is 8.65. The minimum Gasteiger partial charge on any atom is -0.379 e. The zero-order valence-electron chi connectivity index (χ0n) is 10.6. The first kappa shape index (κ1) is 12.4. The summed E-state index contributed by atoms with van der Waals surface area (Å²) in [7, 11) is 0. The number of ether oxygens (including phenoxy) is 1. The van der Waals surface area contributed by atoms with E-state index in [1.54, 1.807) is 0 Å². The molecule has 1 aromatic rings. The van der Waals surface area contributed by atoms with Gasteiger partial charge in [0, 0.05) is 18.6 Å². The molecular weight excluding hydrogens is 294 g/mol. The smallest absolute Gasteiger partial charge is 0.135 e. The SMILES string of the molecule is CC1(Nc2cc(Br)nc(C3CC3)n2)CCCOC1. The van der Waals surface area contributed by atoms with E-state index in [0.29, 0.717) is 5.92 Å². The van der Waals surface area contributed by atoms with E-state index in [0.717, 1.165) is 42.3 Å². The molecular formula is C13H18BrN3O. The van der Waals surface area contributed by atoms with E-state index in [2.05, 4.69) is 38.1 Å². The largest absolute Gasteiger partial charge is 0.379 e. The van der Waals surface area contributed by atoms with Crippen LogP contribution in [0.25, 0.3) is 0 Å². The summed E-state index contributed by atoms with van der Waals surface area (Å²) >= 11 is 3.47. The summed E-state index contributed by atoms with van der Waals surface area (Å²) in [5.74, 6) is 2.44. The lowest BCUT2D eigenvalue weighted by molar-refractivity contribution is 0.0539. The summed E-state index contributed by atoms with van der Waals surface area (Å²) in [4.78, 5) is 9.07. The van der Waals surface area contributed by atoms with Crippen molar-refractivity contribution in [2.24, 2.45) is 0 Å². The Labute approximate surface area is 116 Å². The summed E-state index contributed by atoms with van der Waals surface area (Å²) in [6.45, 7) is 3.81. The summed E-state index contributed by atoms with van der Waals surface area (Å²) in [5.41, 5.74) is -0.00708. The van der Waals surface area contributed by atoms with Crippen molar-refractivity contribution < 1.29 is 4.74 Å². The molecule has 98 valence electrons. The Kier molecular flexibility index (Phi) is 3.28. The monoisotopic (exact) mass is 311 g/mol. The molecule has 0 amide bonds. The quantitative estimate of drug-likeness (QED) is 0.871. The molecule has 0 bridgehead atoms. The van der Waals surface area contributed by atoms with Gasteiger partial charge in [0.2, 0.25) is 0 Å². The van der Waals surface area contributed by atoms with Gasteiger partial charge >= 0.3 is 0 Å². The van der Waals surface area contributed by atoms with Crippen molar-refractivity contribution in [3.8, 4) is 0 Å². The minimum absolute atomic E-state index is 0.00708. The number of nitrogens with one attached hydrogen (secondary N) is 1. The Morgan fingerprint density at radius 2 is 2.28 bits per heavy atom. The van der Waals surface area contributed by atoms with E-state index >= 15 is 0 Å². The van der Waals surface area contributed by atoms with Crippen LogP contribution in [0.4, 0.5) is 5.82 Å². The number of hydrogen-bond acceptors (Lipinski definition) is 4. The fourth-order valence-electron chi connectivity index (χ4n) is 2.37. The highest BCUT2D eigenvalue weighted by Gasteiger charge is 2.30. The van der Waals surface area contributed by atoms with Crippen LogP contribution < -0.4 is 5.32 Å². The second-order valence-corrected chi connectivity index (χ2v) is 6.36. The molecule has 5 heteroatoms. The number of nitrogens with zero attached hydrogens (tertiary/aromatic N) is 2. The van der Waals surface area contributed by atoms with Gasteiger partial charge in [0.25, 0.3) is 0 Å². The molecule has 0 aromatic carbocycles. The van der Waals surface area contributed by atoms with E-state index in [4.69, 9.17) is 4.74 Å².